The van der Waals surface area contributed by atoms with Gasteiger partial charge in [-0.15, -0.1) is 0 Å². The molecule has 49 heavy (non-hydrogen) atoms. The van der Waals surface area contributed by atoms with Crippen LogP contribution in [0.4, 0.5) is 0 Å². The molecule has 0 atom stereocenters. The standard InChI is InChI=1S/C48H30O/c1-2-13-31(14-3-1)36-18-6-7-20-38(36)47-41-23-10-8-21-39(41)46(40-22-9-11-24-42(40)47)35-17-12-16-33(29-35)34-26-27-44-43(30-34)48-37-19-5-4-15-32(37)25-28-45(48)49-44/h1-30H. The number of fused-ring (bicyclic) bond motifs is 7. The van der Waals surface area contributed by atoms with Crippen LogP contribution in [-0.4, -0.2) is 0 Å². The van der Waals surface area contributed by atoms with Crippen molar-refractivity contribution in [3.05, 3.63) is 182 Å². The third kappa shape index (κ3) is 4.40. The predicted molar refractivity (Wildman–Crippen MR) is 208 cm³/mol. The van der Waals surface area contributed by atoms with Crippen LogP contribution in [0.25, 0.3) is 98.8 Å². The number of hydrogen-bond acceptors (Lipinski definition) is 1. The molecule has 1 nitrogen and oxygen atoms in total. The number of rotatable bonds is 4. The highest BCUT2D eigenvalue weighted by Crippen LogP contribution is 2.46. The van der Waals surface area contributed by atoms with Gasteiger partial charge in [0, 0.05) is 10.8 Å². The van der Waals surface area contributed by atoms with E-state index in [9.17, 15) is 0 Å². The molecule has 0 spiro atoms. The molecular weight excluding hydrogens is 593 g/mol. The van der Waals surface area contributed by atoms with Gasteiger partial charge in [-0.1, -0.05) is 158 Å². The van der Waals surface area contributed by atoms with Crippen molar-refractivity contribution >= 4 is 54.3 Å². The molecule has 0 fully saturated rings. The molecule has 10 aromatic rings. The van der Waals surface area contributed by atoms with E-state index in [2.05, 4.69) is 182 Å². The Morgan fingerprint density at radius 3 is 1.59 bits per heavy atom. The van der Waals surface area contributed by atoms with Gasteiger partial charge in [0.2, 0.25) is 0 Å². The monoisotopic (exact) mass is 622 g/mol. The van der Waals surface area contributed by atoms with Gasteiger partial charge in [0.25, 0.3) is 0 Å². The van der Waals surface area contributed by atoms with Crippen molar-refractivity contribution in [1.29, 1.82) is 0 Å². The summed E-state index contributed by atoms with van der Waals surface area (Å²) in [5.74, 6) is 0. The topological polar surface area (TPSA) is 13.1 Å². The van der Waals surface area contributed by atoms with E-state index < -0.39 is 0 Å². The first-order chi connectivity index (χ1) is 24.3. The lowest BCUT2D eigenvalue weighted by atomic mass is 9.83. The van der Waals surface area contributed by atoms with E-state index in [1.54, 1.807) is 0 Å². The van der Waals surface area contributed by atoms with E-state index in [1.165, 1.54) is 82.2 Å². The Kier molecular flexibility index (Phi) is 6.25. The summed E-state index contributed by atoms with van der Waals surface area (Å²) >= 11 is 0. The summed E-state index contributed by atoms with van der Waals surface area (Å²) in [6.07, 6.45) is 0. The summed E-state index contributed by atoms with van der Waals surface area (Å²) in [6.45, 7) is 0. The van der Waals surface area contributed by atoms with Gasteiger partial charge in [-0.25, -0.2) is 0 Å². The zero-order valence-electron chi connectivity index (χ0n) is 26.7. The van der Waals surface area contributed by atoms with E-state index in [0.717, 1.165) is 16.6 Å². The van der Waals surface area contributed by atoms with Gasteiger partial charge in [0.05, 0.1) is 0 Å². The molecule has 9 aromatic carbocycles. The molecule has 0 aliphatic carbocycles. The summed E-state index contributed by atoms with van der Waals surface area (Å²) < 4.78 is 6.33. The Hall–Kier alpha value is -6.44. The summed E-state index contributed by atoms with van der Waals surface area (Å²) in [6, 6.07) is 65.8. The van der Waals surface area contributed by atoms with Gasteiger partial charge in [-0.3, -0.25) is 0 Å². The van der Waals surface area contributed by atoms with E-state index in [-0.39, 0.29) is 0 Å². The third-order valence-electron chi connectivity index (χ3n) is 10.1. The molecule has 10 rings (SSSR count). The minimum Gasteiger partial charge on any atom is -0.456 e. The largest absolute Gasteiger partial charge is 0.456 e. The van der Waals surface area contributed by atoms with Crippen molar-refractivity contribution in [2.75, 3.05) is 0 Å². The van der Waals surface area contributed by atoms with Crippen molar-refractivity contribution in [2.45, 2.75) is 0 Å². The molecule has 0 saturated heterocycles. The molecule has 228 valence electrons. The number of hydrogen-bond donors (Lipinski definition) is 0. The van der Waals surface area contributed by atoms with E-state index in [1.807, 2.05) is 0 Å². The molecule has 0 saturated carbocycles. The minimum absolute atomic E-state index is 0.912. The predicted octanol–water partition coefficient (Wildman–Crippen LogP) is 13.7. The average Bonchev–Trinajstić information content (AvgIpc) is 3.56. The molecule has 1 heteroatoms. The lowest BCUT2D eigenvalue weighted by Gasteiger charge is -2.20. The molecule has 0 unspecified atom stereocenters. The Bertz CT molecular complexity index is 2820. The van der Waals surface area contributed by atoms with E-state index in [4.69, 9.17) is 4.42 Å². The molecule has 0 amide bonds. The fourth-order valence-electron chi connectivity index (χ4n) is 7.88. The lowest BCUT2D eigenvalue weighted by Crippen LogP contribution is -1.93. The average molecular weight is 623 g/mol. The Labute approximate surface area is 284 Å². The van der Waals surface area contributed by atoms with E-state index >= 15 is 0 Å². The van der Waals surface area contributed by atoms with E-state index in [0.29, 0.717) is 0 Å². The van der Waals surface area contributed by atoms with Gasteiger partial charge < -0.3 is 4.42 Å². The molecule has 0 aliphatic heterocycles. The van der Waals surface area contributed by atoms with Gasteiger partial charge in [-0.2, -0.15) is 0 Å². The second-order valence-corrected chi connectivity index (χ2v) is 12.8. The van der Waals surface area contributed by atoms with Crippen molar-refractivity contribution in [1.82, 2.24) is 0 Å². The van der Waals surface area contributed by atoms with Crippen LogP contribution >= 0.6 is 0 Å². The molecule has 0 bridgehead atoms. The summed E-state index contributed by atoms with van der Waals surface area (Å²) in [5, 5.41) is 9.76. The Morgan fingerprint density at radius 2 is 0.837 bits per heavy atom. The number of benzene rings is 9. The van der Waals surface area contributed by atoms with Crippen molar-refractivity contribution in [3.8, 4) is 44.5 Å². The van der Waals surface area contributed by atoms with Gasteiger partial charge >= 0.3 is 0 Å². The molecule has 0 N–H and O–H groups in total. The van der Waals surface area contributed by atoms with Gasteiger partial charge in [0.15, 0.2) is 0 Å². The van der Waals surface area contributed by atoms with Crippen LogP contribution < -0.4 is 0 Å². The third-order valence-corrected chi connectivity index (χ3v) is 10.1. The summed E-state index contributed by atoms with van der Waals surface area (Å²) in [5.41, 5.74) is 11.6. The quantitative estimate of drug-likeness (QED) is 0.178. The van der Waals surface area contributed by atoms with Crippen LogP contribution in [0.3, 0.4) is 0 Å². The second-order valence-electron chi connectivity index (χ2n) is 12.8. The fourth-order valence-corrected chi connectivity index (χ4v) is 7.88. The maximum absolute atomic E-state index is 6.33. The SMILES string of the molecule is c1ccc(-c2ccccc2-c2c3ccccc3c(-c3cccc(-c4ccc5oc6ccc7ccccc7c6c5c4)c3)c3ccccc23)cc1. The van der Waals surface area contributed by atoms with Crippen LogP contribution in [0.1, 0.15) is 0 Å². The van der Waals surface area contributed by atoms with Crippen LogP contribution in [0.15, 0.2) is 186 Å². The van der Waals surface area contributed by atoms with Crippen molar-refractivity contribution in [2.24, 2.45) is 0 Å². The summed E-state index contributed by atoms with van der Waals surface area (Å²) in [4.78, 5) is 0. The molecule has 0 radical (unpaired) electrons. The van der Waals surface area contributed by atoms with Crippen LogP contribution in [-0.2, 0) is 0 Å². The zero-order valence-corrected chi connectivity index (χ0v) is 26.7. The normalized spacial score (nSPS) is 11.7. The highest BCUT2D eigenvalue weighted by Gasteiger charge is 2.19. The van der Waals surface area contributed by atoms with Crippen LogP contribution in [0.5, 0.6) is 0 Å². The Morgan fingerprint density at radius 1 is 0.286 bits per heavy atom. The first kappa shape index (κ1) is 27.7. The number of furan rings is 1. The van der Waals surface area contributed by atoms with Crippen LogP contribution in [0.2, 0.25) is 0 Å². The lowest BCUT2D eigenvalue weighted by molar-refractivity contribution is 0.669. The first-order valence-corrected chi connectivity index (χ1v) is 16.8. The highest BCUT2D eigenvalue weighted by molar-refractivity contribution is 6.23. The van der Waals surface area contributed by atoms with Crippen molar-refractivity contribution in [3.63, 3.8) is 0 Å². The molecule has 1 heterocycles. The first-order valence-electron chi connectivity index (χ1n) is 16.8. The van der Waals surface area contributed by atoms with Gasteiger partial charge in [0.1, 0.15) is 11.2 Å². The second kappa shape index (κ2) is 11.1. The Balaban J connectivity index is 1.20. The summed E-state index contributed by atoms with van der Waals surface area (Å²) in [7, 11) is 0. The van der Waals surface area contributed by atoms with Crippen LogP contribution in [0, 0.1) is 0 Å². The molecule has 1 aromatic heterocycles. The smallest absolute Gasteiger partial charge is 0.136 e. The minimum atomic E-state index is 0.912. The highest BCUT2D eigenvalue weighted by atomic mass is 16.3. The molecular formula is C48H30O. The maximum atomic E-state index is 6.33. The van der Waals surface area contributed by atoms with Gasteiger partial charge in [-0.05, 0) is 101 Å². The molecule has 0 aliphatic rings. The van der Waals surface area contributed by atoms with Crippen molar-refractivity contribution < 1.29 is 4.42 Å². The maximum Gasteiger partial charge on any atom is 0.136 e. The zero-order chi connectivity index (χ0) is 32.3. The fraction of sp³-hybridized carbons (Fsp3) is 0.